The summed E-state index contributed by atoms with van der Waals surface area (Å²) < 4.78 is 5.56. The van der Waals surface area contributed by atoms with Crippen molar-refractivity contribution in [2.45, 2.75) is 32.4 Å². The van der Waals surface area contributed by atoms with Crippen molar-refractivity contribution < 1.29 is 9.84 Å². The molecule has 1 aliphatic rings. The predicted molar refractivity (Wildman–Crippen MR) is 142 cm³/mol. The highest BCUT2D eigenvalue weighted by atomic mass is 127. The van der Waals surface area contributed by atoms with Gasteiger partial charge in [0.15, 0.2) is 5.96 Å². The fourth-order valence-corrected chi connectivity index (χ4v) is 3.80. The van der Waals surface area contributed by atoms with E-state index in [9.17, 15) is 5.11 Å². The number of ether oxygens (including phenoxy) is 1. The highest BCUT2D eigenvalue weighted by Crippen LogP contribution is 2.23. The van der Waals surface area contributed by atoms with Gasteiger partial charge in [-0.05, 0) is 31.4 Å². The Labute approximate surface area is 209 Å². The van der Waals surface area contributed by atoms with E-state index in [-0.39, 0.29) is 30.0 Å². The van der Waals surface area contributed by atoms with Crippen LogP contribution in [0.15, 0.2) is 59.6 Å². The largest absolute Gasteiger partial charge is 0.388 e. The van der Waals surface area contributed by atoms with Crippen LogP contribution in [0.25, 0.3) is 0 Å². The average molecular weight is 553 g/mol. The number of benzene rings is 2. The molecule has 0 aliphatic carbocycles. The summed E-state index contributed by atoms with van der Waals surface area (Å²) >= 11 is 0. The van der Waals surface area contributed by atoms with Gasteiger partial charge in [0.1, 0.15) is 0 Å². The van der Waals surface area contributed by atoms with Gasteiger partial charge in [0.2, 0.25) is 0 Å². The highest BCUT2D eigenvalue weighted by Gasteiger charge is 2.22. The molecule has 2 atom stereocenters. The molecular weight excluding hydrogens is 515 g/mol. The highest BCUT2D eigenvalue weighted by molar-refractivity contribution is 14.0. The number of guanidine groups is 1. The lowest BCUT2D eigenvalue weighted by Gasteiger charge is -2.34. The summed E-state index contributed by atoms with van der Waals surface area (Å²) in [6.45, 7) is 9.65. The summed E-state index contributed by atoms with van der Waals surface area (Å²) in [4.78, 5) is 7.35. The number of rotatable bonds is 9. The van der Waals surface area contributed by atoms with Crippen LogP contribution in [0, 0.1) is 6.92 Å². The summed E-state index contributed by atoms with van der Waals surface area (Å²) in [6.07, 6.45) is 0.143. The Morgan fingerprint density at radius 2 is 1.72 bits per heavy atom. The van der Waals surface area contributed by atoms with E-state index in [0.29, 0.717) is 19.5 Å². The summed E-state index contributed by atoms with van der Waals surface area (Å²) in [5.74, 6) is 0.785. The molecule has 6 nitrogen and oxygen atoms in total. The third-order valence-corrected chi connectivity index (χ3v) is 5.61. The predicted octanol–water partition coefficient (Wildman–Crippen LogP) is 3.67. The van der Waals surface area contributed by atoms with E-state index in [1.807, 2.05) is 30.3 Å². The standard InChI is InChI=1S/C25H36N4O2.HI/c1-3-26-25(27-14-13-24(30)22-7-5-4-6-8-22)28-19-23(29-15-17-31-18-16-29)21-11-9-20(2)10-12-21;/h4-12,23-24,30H,3,13-19H2,1-2H3,(H2,26,27,28);1H. The quantitative estimate of drug-likeness (QED) is 0.252. The Bertz CT molecular complexity index is 795. The van der Waals surface area contributed by atoms with Crippen molar-refractivity contribution in [1.29, 1.82) is 0 Å². The van der Waals surface area contributed by atoms with Gasteiger partial charge in [-0.2, -0.15) is 0 Å². The Balaban J connectivity index is 0.00000363. The molecule has 2 aromatic carbocycles. The first-order chi connectivity index (χ1) is 15.2. The molecule has 7 heteroatoms. The van der Waals surface area contributed by atoms with Gasteiger partial charge in [-0.3, -0.25) is 9.89 Å². The van der Waals surface area contributed by atoms with Crippen LogP contribution < -0.4 is 10.6 Å². The summed E-state index contributed by atoms with van der Waals surface area (Å²) in [5, 5.41) is 17.1. The fraction of sp³-hybridized carbons (Fsp3) is 0.480. The zero-order valence-corrected chi connectivity index (χ0v) is 21.5. The summed E-state index contributed by atoms with van der Waals surface area (Å²) in [6, 6.07) is 18.8. The maximum absolute atomic E-state index is 10.4. The monoisotopic (exact) mass is 552 g/mol. The van der Waals surface area contributed by atoms with E-state index in [1.54, 1.807) is 0 Å². The number of aryl methyl sites for hydroxylation is 1. The maximum atomic E-state index is 10.4. The van der Waals surface area contributed by atoms with Crippen molar-refractivity contribution in [2.75, 3.05) is 45.9 Å². The molecule has 176 valence electrons. The van der Waals surface area contributed by atoms with Gasteiger partial charge < -0.3 is 20.5 Å². The lowest BCUT2D eigenvalue weighted by molar-refractivity contribution is 0.0179. The number of morpholine rings is 1. The topological polar surface area (TPSA) is 69.1 Å². The SMILES string of the molecule is CCNC(=NCC(c1ccc(C)cc1)N1CCOCC1)NCCC(O)c1ccccc1.I. The van der Waals surface area contributed by atoms with Crippen LogP contribution in [-0.2, 0) is 4.74 Å². The van der Waals surface area contributed by atoms with Crippen molar-refractivity contribution in [2.24, 2.45) is 4.99 Å². The molecule has 1 heterocycles. The molecule has 1 saturated heterocycles. The zero-order valence-electron chi connectivity index (χ0n) is 19.2. The first kappa shape index (κ1) is 26.6. The molecular formula is C25H37IN4O2. The molecule has 0 amide bonds. The first-order valence-corrected chi connectivity index (χ1v) is 11.3. The molecule has 0 aromatic heterocycles. The van der Waals surface area contributed by atoms with Gasteiger partial charge in [-0.1, -0.05) is 60.2 Å². The van der Waals surface area contributed by atoms with Crippen molar-refractivity contribution >= 4 is 29.9 Å². The summed E-state index contributed by atoms with van der Waals surface area (Å²) in [7, 11) is 0. The van der Waals surface area contributed by atoms with Crippen molar-refractivity contribution in [1.82, 2.24) is 15.5 Å². The molecule has 32 heavy (non-hydrogen) atoms. The van der Waals surface area contributed by atoms with Crippen LogP contribution >= 0.6 is 24.0 Å². The van der Waals surface area contributed by atoms with Crippen LogP contribution in [0.2, 0.25) is 0 Å². The molecule has 0 saturated carbocycles. The van der Waals surface area contributed by atoms with Gasteiger partial charge in [0.05, 0.1) is 31.9 Å². The van der Waals surface area contributed by atoms with E-state index >= 15 is 0 Å². The summed E-state index contributed by atoms with van der Waals surface area (Å²) in [5.41, 5.74) is 3.49. The normalized spacial score (nSPS) is 16.7. The molecule has 0 bridgehead atoms. The molecule has 2 unspecified atom stereocenters. The van der Waals surface area contributed by atoms with Crippen LogP contribution in [0.5, 0.6) is 0 Å². The van der Waals surface area contributed by atoms with Gasteiger partial charge in [0.25, 0.3) is 0 Å². The zero-order chi connectivity index (χ0) is 21.9. The molecule has 0 spiro atoms. The Morgan fingerprint density at radius 1 is 1.03 bits per heavy atom. The van der Waals surface area contributed by atoms with Gasteiger partial charge in [-0.15, -0.1) is 24.0 Å². The number of hydrogen-bond donors (Lipinski definition) is 3. The molecule has 3 rings (SSSR count). The lowest BCUT2D eigenvalue weighted by atomic mass is 10.0. The Hall–Kier alpha value is -1.68. The molecule has 2 aromatic rings. The second-order valence-electron chi connectivity index (χ2n) is 7.94. The van der Waals surface area contributed by atoms with E-state index in [4.69, 9.17) is 9.73 Å². The third kappa shape index (κ3) is 8.35. The molecule has 3 N–H and O–H groups in total. The van der Waals surface area contributed by atoms with Crippen molar-refractivity contribution in [3.63, 3.8) is 0 Å². The number of nitrogens with one attached hydrogen (secondary N) is 2. The number of halogens is 1. The van der Waals surface area contributed by atoms with Gasteiger partial charge in [0, 0.05) is 26.2 Å². The second kappa shape index (κ2) is 14.5. The van der Waals surface area contributed by atoms with Crippen LogP contribution in [-0.4, -0.2) is 61.9 Å². The van der Waals surface area contributed by atoms with E-state index in [1.165, 1.54) is 11.1 Å². The van der Waals surface area contributed by atoms with Gasteiger partial charge in [-0.25, -0.2) is 0 Å². The molecule has 1 aliphatic heterocycles. The van der Waals surface area contributed by atoms with E-state index in [2.05, 4.69) is 53.6 Å². The minimum absolute atomic E-state index is 0. The molecule has 1 fully saturated rings. The third-order valence-electron chi connectivity index (χ3n) is 5.61. The maximum Gasteiger partial charge on any atom is 0.191 e. The molecule has 0 radical (unpaired) electrons. The Kier molecular flexibility index (Phi) is 12.0. The van der Waals surface area contributed by atoms with Crippen LogP contribution in [0.1, 0.15) is 42.2 Å². The van der Waals surface area contributed by atoms with E-state index in [0.717, 1.165) is 44.4 Å². The number of nitrogens with zero attached hydrogens (tertiary/aromatic N) is 2. The number of aliphatic imine (C=N–C) groups is 1. The second-order valence-corrected chi connectivity index (χ2v) is 7.94. The first-order valence-electron chi connectivity index (χ1n) is 11.3. The van der Waals surface area contributed by atoms with Crippen molar-refractivity contribution in [3.8, 4) is 0 Å². The number of aliphatic hydroxyl groups excluding tert-OH is 1. The van der Waals surface area contributed by atoms with Gasteiger partial charge >= 0.3 is 0 Å². The van der Waals surface area contributed by atoms with Crippen LogP contribution in [0.4, 0.5) is 0 Å². The fourth-order valence-electron chi connectivity index (χ4n) is 3.80. The minimum atomic E-state index is -0.481. The Morgan fingerprint density at radius 3 is 2.38 bits per heavy atom. The minimum Gasteiger partial charge on any atom is -0.388 e. The van der Waals surface area contributed by atoms with Crippen LogP contribution in [0.3, 0.4) is 0 Å². The lowest BCUT2D eigenvalue weighted by Crippen LogP contribution is -2.42. The van der Waals surface area contributed by atoms with Crippen molar-refractivity contribution in [3.05, 3.63) is 71.3 Å². The van der Waals surface area contributed by atoms with E-state index < -0.39 is 6.10 Å². The smallest absolute Gasteiger partial charge is 0.191 e. The average Bonchev–Trinajstić information content (AvgIpc) is 2.81. The number of aliphatic hydroxyl groups is 1. The number of hydrogen-bond acceptors (Lipinski definition) is 4.